The van der Waals surface area contributed by atoms with Crippen molar-refractivity contribution in [3.63, 3.8) is 0 Å². The molecule has 2 saturated carbocycles. The van der Waals surface area contributed by atoms with Crippen LogP contribution in [0.15, 0.2) is 24.3 Å². The summed E-state index contributed by atoms with van der Waals surface area (Å²) in [6.07, 6.45) is -0.339. The van der Waals surface area contributed by atoms with Gasteiger partial charge in [-0.25, -0.2) is 4.79 Å². The first-order valence-electron chi connectivity index (χ1n) is 31.0. The number of carbonyl (C=O) groups excluding carboxylic acids is 3. The minimum absolute atomic E-state index is 0. The average molecular weight is 1530 g/mol. The Balaban J connectivity index is -0.0000000669. The smallest absolute Gasteiger partial charge is 0.404 e. The molecule has 3 fully saturated rings. The van der Waals surface area contributed by atoms with E-state index >= 15 is 0 Å². The fourth-order valence-corrected chi connectivity index (χ4v) is 7.84. The number of hydrogen-bond acceptors (Lipinski definition) is 15. The number of aliphatic hydroxyl groups excluding tert-OH is 1. The highest BCUT2D eigenvalue weighted by atomic mass is 19.4. The molecule has 13 unspecified atom stereocenters. The van der Waals surface area contributed by atoms with Gasteiger partial charge in [0.1, 0.15) is 0 Å². The lowest BCUT2D eigenvalue weighted by molar-refractivity contribution is -0.227. The molecule has 29 heteroatoms. The summed E-state index contributed by atoms with van der Waals surface area (Å²) < 4.78 is 40.5. The van der Waals surface area contributed by atoms with Gasteiger partial charge in [-0.2, -0.15) is 13.2 Å². The van der Waals surface area contributed by atoms with Gasteiger partial charge < -0.3 is 60.9 Å². The number of imide groups is 1. The molecule has 2 amide bonds. The highest BCUT2D eigenvalue weighted by molar-refractivity contribution is 6.21. The topological polar surface area (TPSA) is 457 Å². The first kappa shape index (κ1) is 133. The number of anilines is 1. The van der Waals surface area contributed by atoms with Crippen LogP contribution in [0.25, 0.3) is 0 Å². The molecule has 1 aromatic rings. The molecule has 11 N–H and O–H groups in total. The molecule has 1 heterocycles. The number of rotatable bonds is 21. The third kappa shape index (κ3) is 43.5. The number of aliphatic carboxylic acids is 9. The zero-order valence-electron chi connectivity index (χ0n) is 58.9. The molecule has 13 atom stereocenters. The number of aromatic carboxylic acids is 1. The molecular formula is C76H148F3NO25. The first-order chi connectivity index (χ1) is 43.0. The number of aliphatic hydroxyl groups is 1. The van der Waals surface area contributed by atoms with E-state index in [2.05, 4.69) is 18.6 Å². The Morgan fingerprint density at radius 3 is 1.01 bits per heavy atom. The predicted octanol–water partition coefficient (Wildman–Crippen LogP) is 18.0. The minimum Gasteiger partial charge on any atom is -0.481 e. The van der Waals surface area contributed by atoms with Crippen LogP contribution in [0.1, 0.15) is 281 Å². The van der Waals surface area contributed by atoms with Crippen LogP contribution >= 0.6 is 0 Å². The Morgan fingerprint density at radius 2 is 0.867 bits per heavy atom. The van der Waals surface area contributed by atoms with Crippen molar-refractivity contribution in [1.82, 2.24) is 0 Å². The number of carbonyl (C=O) groups is 13. The second-order valence-corrected chi connectivity index (χ2v) is 25.8. The van der Waals surface area contributed by atoms with Gasteiger partial charge in [-0.05, 0) is 148 Å². The summed E-state index contributed by atoms with van der Waals surface area (Å²) in [5.74, 6) is -10.7. The van der Waals surface area contributed by atoms with Crippen molar-refractivity contribution in [2.45, 2.75) is 277 Å². The van der Waals surface area contributed by atoms with Crippen LogP contribution < -0.4 is 4.90 Å². The van der Waals surface area contributed by atoms with Crippen molar-refractivity contribution in [2.75, 3.05) is 18.6 Å². The van der Waals surface area contributed by atoms with E-state index < -0.39 is 106 Å². The minimum atomic E-state index is -4.67. The number of amides is 2. The zero-order chi connectivity index (χ0) is 76.6. The Bertz CT molecular complexity index is 2650. The number of methoxy groups -OCH3 is 1. The molecule has 1 aliphatic heterocycles. The molecule has 105 heavy (non-hydrogen) atoms. The largest absolute Gasteiger partial charge is 0.481 e. The van der Waals surface area contributed by atoms with Gasteiger partial charge in [0.15, 0.2) is 5.41 Å². The fourth-order valence-electron chi connectivity index (χ4n) is 7.84. The number of esters is 1. The summed E-state index contributed by atoms with van der Waals surface area (Å²) in [5.41, 5.74) is -4.97. The van der Waals surface area contributed by atoms with Crippen molar-refractivity contribution in [3.8, 4) is 0 Å². The van der Waals surface area contributed by atoms with Crippen molar-refractivity contribution in [1.29, 1.82) is 0 Å². The van der Waals surface area contributed by atoms with E-state index in [0.717, 1.165) is 30.1 Å². The van der Waals surface area contributed by atoms with Crippen LogP contribution in [-0.2, 0) is 62.3 Å². The third-order valence-electron chi connectivity index (χ3n) is 18.5. The number of ether oxygens (including phenoxy) is 1. The molecule has 4 rings (SSSR count). The van der Waals surface area contributed by atoms with Crippen LogP contribution in [0.4, 0.5) is 18.9 Å². The Hall–Kier alpha value is -7.72. The van der Waals surface area contributed by atoms with Crippen LogP contribution in [0.2, 0.25) is 0 Å². The second kappa shape index (κ2) is 59.4. The maximum Gasteiger partial charge on any atom is 0.404 e. The van der Waals surface area contributed by atoms with E-state index in [0.29, 0.717) is 49.6 Å². The lowest BCUT2D eigenvalue weighted by atomic mass is 9.76. The van der Waals surface area contributed by atoms with Crippen molar-refractivity contribution < 1.29 is 136 Å². The summed E-state index contributed by atoms with van der Waals surface area (Å²) in [6.45, 7) is 33.2. The van der Waals surface area contributed by atoms with Crippen LogP contribution in [-0.4, -0.2) is 154 Å². The summed E-state index contributed by atoms with van der Waals surface area (Å²) in [4.78, 5) is 139. The SMILES string of the molecule is C.C.C.C.C.C.C.C.C.C.CC(C(=O)O)C(C)C(=O)O.CC1C(=O)N(c2ccc(C(=O)O)cc2)C(=O)C1C.CC1C2CC(C(=O)O)C(C2)C1C.CCC(C)(C(=O)O)C(F)(F)F.CCC(C)(C)C(=O)O.CCC(C)(C)C(=O)OC.CCC(C)(CC(=O)O)C(=O)O.CCC(C)(CO)C(=O)O.CCC(C)C(=O)O. The molecular weight excluding hydrogens is 1380 g/mol. The monoisotopic (exact) mass is 1530 g/mol. The average Bonchev–Trinajstić information content (AvgIpc) is 1.64. The van der Waals surface area contributed by atoms with E-state index in [1.54, 1.807) is 48.5 Å². The molecule has 3 aliphatic rings. The number of hydrogen-bond donors (Lipinski definition) is 11. The molecule has 628 valence electrons. The van der Waals surface area contributed by atoms with Crippen molar-refractivity contribution >= 4 is 83.2 Å². The maximum absolute atomic E-state index is 12.0. The number of benzene rings is 1. The zero-order valence-corrected chi connectivity index (χ0v) is 58.9. The highest BCUT2D eigenvalue weighted by Gasteiger charge is 2.56. The van der Waals surface area contributed by atoms with Crippen molar-refractivity contribution in [3.05, 3.63) is 29.8 Å². The highest BCUT2D eigenvalue weighted by Crippen LogP contribution is 2.55. The molecule has 1 saturated heterocycles. The summed E-state index contributed by atoms with van der Waals surface area (Å²) >= 11 is 0. The van der Waals surface area contributed by atoms with Gasteiger partial charge in [-0.1, -0.05) is 164 Å². The maximum atomic E-state index is 12.0. The predicted molar refractivity (Wildman–Crippen MR) is 409 cm³/mol. The molecule has 0 radical (unpaired) electrons. The summed E-state index contributed by atoms with van der Waals surface area (Å²) in [5, 5.41) is 93.3. The Labute approximate surface area is 628 Å². The van der Waals surface area contributed by atoms with E-state index in [4.69, 9.17) is 56.2 Å². The Morgan fingerprint density at radius 1 is 0.505 bits per heavy atom. The van der Waals surface area contributed by atoms with E-state index in [-0.39, 0.29) is 140 Å². The number of halogens is 3. The fraction of sp³-hybridized carbons (Fsp3) is 0.750. The molecule has 1 aromatic carbocycles. The van der Waals surface area contributed by atoms with Crippen LogP contribution in [0, 0.1) is 86.3 Å². The van der Waals surface area contributed by atoms with Gasteiger partial charge >= 0.3 is 71.8 Å². The van der Waals surface area contributed by atoms with Crippen LogP contribution in [0.5, 0.6) is 0 Å². The van der Waals surface area contributed by atoms with Gasteiger partial charge in [0, 0.05) is 11.8 Å². The van der Waals surface area contributed by atoms with E-state index in [9.17, 15) is 75.5 Å². The lowest BCUT2D eigenvalue weighted by Crippen LogP contribution is -2.41. The summed E-state index contributed by atoms with van der Waals surface area (Å²) in [7, 11) is 1.42. The van der Waals surface area contributed by atoms with Crippen molar-refractivity contribution in [2.24, 2.45) is 86.3 Å². The lowest BCUT2D eigenvalue weighted by Gasteiger charge is -2.29. The molecule has 0 spiro atoms. The van der Waals surface area contributed by atoms with Gasteiger partial charge in [-0.3, -0.25) is 62.4 Å². The van der Waals surface area contributed by atoms with E-state index in [1.165, 1.54) is 72.4 Å². The number of fused-ring (bicyclic) bond motifs is 2. The number of alkyl halides is 3. The standard InChI is InChI=1S/C13H13NO4.C10H16O2.C7H12O4.C7H14O2.C6H9F3O2.C6H10O4.C6H12O3.C6H12O2.C5H10O2.10CH4/c1-7-8(2)12(16)14(11(7)15)10-5-3-9(4-6-10)13(17)18;1-5-6(2)8-3-7(5)4-9(8)10(11)12;1-3-7(2,6(10)11)4-5(8)9;1-5-7(2,3)6(8)9-4;1-3-5(2,4(10)11)6(7,8)9;1-3(5(7)8)4(2)6(9)10;1-3-6(2,4-7)5(8)9;1-4-6(2,3)5(7)8;1-3-4(2)5(6)7;;;;;;;;;;/h3-8H,1-2H3,(H,17,18);5-9H,3-4H2,1-2H3,(H,11,12);3-4H2,1-2H3,(H,8,9)(H,10,11);5H2,1-4H3;3H2,1-2H3,(H,10,11);3-4H,1-2H3,(H,7,8)(H,9,10);7H,3-4H2,1-2H3,(H,8,9);4H2,1-3H3,(H,7,8);4H,3H2,1-2H3,(H,6,7);10*1H4. The second-order valence-electron chi connectivity index (χ2n) is 25.8. The van der Waals surface area contributed by atoms with Gasteiger partial charge in [-0.15, -0.1) is 0 Å². The third-order valence-corrected chi connectivity index (χ3v) is 18.5. The quantitative estimate of drug-likeness (QED) is 0.0402. The molecule has 2 aliphatic carbocycles. The van der Waals surface area contributed by atoms with E-state index in [1.807, 2.05) is 34.6 Å². The molecule has 0 aromatic heterocycles. The van der Waals surface area contributed by atoms with Gasteiger partial charge in [0.05, 0.1) is 76.7 Å². The number of carboxylic acid groups (broad SMARTS) is 10. The van der Waals surface area contributed by atoms with Gasteiger partial charge in [0.2, 0.25) is 11.8 Å². The molecule has 26 nitrogen and oxygen atoms in total. The Kier molecular flexibility index (Phi) is 75.4. The normalized spacial score (nSPS) is 19.0. The van der Waals surface area contributed by atoms with Gasteiger partial charge in [0.25, 0.3) is 0 Å². The summed E-state index contributed by atoms with van der Waals surface area (Å²) in [6, 6.07) is 5.71. The van der Waals surface area contributed by atoms with Crippen LogP contribution in [0.3, 0.4) is 0 Å². The number of carboxylic acids is 10. The number of nitrogens with zero attached hydrogens (tertiary/aromatic N) is 1. The molecule has 2 bridgehead atoms. The first-order valence-corrected chi connectivity index (χ1v) is 31.0.